The van der Waals surface area contributed by atoms with E-state index in [1.54, 1.807) is 7.11 Å². The quantitative estimate of drug-likeness (QED) is 0.847. The highest BCUT2D eigenvalue weighted by Gasteiger charge is 2.24. The van der Waals surface area contributed by atoms with E-state index in [4.69, 9.17) is 9.88 Å². The van der Waals surface area contributed by atoms with Crippen LogP contribution in [0.4, 0.5) is 0 Å². The Morgan fingerprint density at radius 2 is 1.95 bits per heavy atom. The molecule has 21 heavy (non-hydrogen) atoms. The van der Waals surface area contributed by atoms with Crippen molar-refractivity contribution in [2.24, 2.45) is 5.14 Å². The third-order valence-corrected chi connectivity index (χ3v) is 4.02. The first-order valence-electron chi connectivity index (χ1n) is 6.45. The first kappa shape index (κ1) is 15.6. The van der Waals surface area contributed by atoms with Crippen LogP contribution < -0.4 is 5.14 Å². The summed E-state index contributed by atoms with van der Waals surface area (Å²) < 4.78 is 29.7. The summed E-state index contributed by atoms with van der Waals surface area (Å²) in [5.41, 5.74) is 1.02. The van der Waals surface area contributed by atoms with Crippen LogP contribution in [0.2, 0.25) is 0 Å². The highest BCUT2D eigenvalue weighted by Crippen LogP contribution is 2.23. The van der Waals surface area contributed by atoms with Gasteiger partial charge in [-0.25, -0.2) is 13.6 Å². The third kappa shape index (κ3) is 3.46. The van der Waals surface area contributed by atoms with Gasteiger partial charge in [-0.05, 0) is 5.56 Å². The number of nitrogens with two attached hydrogens (primary N) is 1. The molecule has 0 aliphatic heterocycles. The van der Waals surface area contributed by atoms with Crippen LogP contribution in [0.25, 0.3) is 0 Å². The molecule has 1 aromatic heterocycles. The maximum absolute atomic E-state index is 11.6. The number of sulfonamides is 1. The highest BCUT2D eigenvalue weighted by molar-refractivity contribution is 7.89. The van der Waals surface area contributed by atoms with E-state index in [0.717, 1.165) is 5.56 Å². The highest BCUT2D eigenvalue weighted by atomic mass is 32.2. The summed E-state index contributed by atoms with van der Waals surface area (Å²) in [4.78, 5) is 0. The minimum absolute atomic E-state index is 0.106. The molecule has 8 heteroatoms. The maximum Gasteiger partial charge on any atom is 0.273 e. The predicted molar refractivity (Wildman–Crippen MR) is 77.2 cm³/mol. The molecule has 0 fully saturated rings. The fourth-order valence-corrected chi connectivity index (χ4v) is 2.76. The molecular weight excluding hydrogens is 292 g/mol. The van der Waals surface area contributed by atoms with Crippen molar-refractivity contribution in [3.8, 4) is 0 Å². The molecule has 1 atom stereocenters. The summed E-state index contributed by atoms with van der Waals surface area (Å²) in [7, 11) is -2.38. The fourth-order valence-electron chi connectivity index (χ4n) is 2.11. The van der Waals surface area contributed by atoms with E-state index in [-0.39, 0.29) is 11.1 Å². The van der Waals surface area contributed by atoms with Gasteiger partial charge in [0, 0.05) is 19.6 Å². The van der Waals surface area contributed by atoms with Gasteiger partial charge in [0.05, 0.1) is 6.61 Å². The Hall–Kier alpha value is -1.77. The van der Waals surface area contributed by atoms with Gasteiger partial charge in [-0.15, -0.1) is 10.2 Å². The lowest BCUT2D eigenvalue weighted by molar-refractivity contribution is 0.183. The van der Waals surface area contributed by atoms with Crippen molar-refractivity contribution in [3.63, 3.8) is 0 Å². The van der Waals surface area contributed by atoms with E-state index >= 15 is 0 Å². The number of aromatic nitrogens is 3. The van der Waals surface area contributed by atoms with Crippen molar-refractivity contribution in [2.45, 2.75) is 24.5 Å². The molecule has 2 aromatic rings. The Kier molecular flexibility index (Phi) is 4.71. The zero-order chi connectivity index (χ0) is 15.5. The van der Waals surface area contributed by atoms with E-state index in [1.807, 2.05) is 37.3 Å². The molecule has 0 saturated carbocycles. The molecule has 1 aromatic carbocycles. The smallest absolute Gasteiger partial charge is 0.273 e. The Morgan fingerprint density at radius 1 is 1.29 bits per heavy atom. The van der Waals surface area contributed by atoms with Gasteiger partial charge < -0.3 is 4.74 Å². The molecule has 0 bridgehead atoms. The number of rotatable bonds is 6. The number of primary sulfonamides is 1. The van der Waals surface area contributed by atoms with Gasteiger partial charge in [-0.2, -0.15) is 0 Å². The second kappa shape index (κ2) is 6.33. The second-order valence-corrected chi connectivity index (χ2v) is 6.12. The number of hydrogen-bond donors (Lipinski definition) is 1. The number of benzene rings is 1. The first-order chi connectivity index (χ1) is 9.95. The molecule has 2 rings (SSSR count). The molecule has 114 valence electrons. The molecule has 1 heterocycles. The molecule has 0 amide bonds. The van der Waals surface area contributed by atoms with E-state index in [2.05, 4.69) is 10.2 Å². The third-order valence-electron chi connectivity index (χ3n) is 3.21. The first-order valence-corrected chi connectivity index (χ1v) is 7.99. The minimum atomic E-state index is -3.92. The summed E-state index contributed by atoms with van der Waals surface area (Å²) >= 11 is 0. The minimum Gasteiger partial charge on any atom is -0.383 e. The zero-order valence-electron chi connectivity index (χ0n) is 11.9. The average Bonchev–Trinajstić information content (AvgIpc) is 2.89. The van der Waals surface area contributed by atoms with Gasteiger partial charge >= 0.3 is 0 Å². The number of nitrogens with zero attached hydrogens (tertiary/aromatic N) is 3. The molecule has 0 aliphatic rings. The largest absolute Gasteiger partial charge is 0.383 e. The van der Waals surface area contributed by atoms with Gasteiger partial charge in [0.1, 0.15) is 5.82 Å². The van der Waals surface area contributed by atoms with Crippen molar-refractivity contribution in [2.75, 3.05) is 13.7 Å². The number of methoxy groups -OCH3 is 1. The molecule has 2 N–H and O–H groups in total. The van der Waals surface area contributed by atoms with Gasteiger partial charge in [0.2, 0.25) is 0 Å². The molecule has 0 spiro atoms. The lowest BCUT2D eigenvalue weighted by Gasteiger charge is -2.14. The van der Waals surface area contributed by atoms with Crippen LogP contribution in [-0.4, -0.2) is 36.9 Å². The lowest BCUT2D eigenvalue weighted by Crippen LogP contribution is -2.21. The van der Waals surface area contributed by atoms with Gasteiger partial charge in [0.25, 0.3) is 15.2 Å². The fraction of sp³-hybridized carbons (Fsp3) is 0.385. The van der Waals surface area contributed by atoms with Crippen LogP contribution >= 0.6 is 0 Å². The Balaban J connectivity index is 2.46. The second-order valence-electron chi connectivity index (χ2n) is 4.66. The molecule has 0 aliphatic carbocycles. The van der Waals surface area contributed by atoms with E-state index in [0.29, 0.717) is 19.0 Å². The van der Waals surface area contributed by atoms with Crippen molar-refractivity contribution >= 4 is 10.0 Å². The van der Waals surface area contributed by atoms with Crippen LogP contribution in [0.15, 0.2) is 35.5 Å². The van der Waals surface area contributed by atoms with Gasteiger partial charge in [-0.3, -0.25) is 4.57 Å². The summed E-state index contributed by atoms with van der Waals surface area (Å²) in [6.45, 7) is 2.60. The molecule has 0 radical (unpaired) electrons. The van der Waals surface area contributed by atoms with E-state index < -0.39 is 10.0 Å². The number of hydrogen-bond acceptors (Lipinski definition) is 5. The number of ether oxygens (including phenoxy) is 1. The SMILES string of the molecule is COCCn1c(C(C)c2ccccc2)nnc1S(N)(=O)=O. The normalized spacial score (nSPS) is 13.3. The van der Waals surface area contributed by atoms with Gasteiger partial charge in [-0.1, -0.05) is 37.3 Å². The maximum atomic E-state index is 11.6. The van der Waals surface area contributed by atoms with E-state index in [9.17, 15) is 8.42 Å². The van der Waals surface area contributed by atoms with Crippen molar-refractivity contribution < 1.29 is 13.2 Å². The van der Waals surface area contributed by atoms with Crippen LogP contribution in [0.1, 0.15) is 24.2 Å². The van der Waals surface area contributed by atoms with Gasteiger partial charge in [0.15, 0.2) is 0 Å². The van der Waals surface area contributed by atoms with Crippen LogP contribution in [0.3, 0.4) is 0 Å². The molecule has 7 nitrogen and oxygen atoms in total. The topological polar surface area (TPSA) is 100 Å². The lowest BCUT2D eigenvalue weighted by atomic mass is 10.0. The summed E-state index contributed by atoms with van der Waals surface area (Å²) in [5.74, 6) is 0.438. The van der Waals surface area contributed by atoms with E-state index in [1.165, 1.54) is 4.57 Å². The van der Waals surface area contributed by atoms with Crippen LogP contribution in [-0.2, 0) is 21.3 Å². The molecule has 1 unspecified atom stereocenters. The summed E-state index contributed by atoms with van der Waals surface area (Å²) in [5, 5.41) is 12.7. The Labute approximate surface area is 123 Å². The zero-order valence-corrected chi connectivity index (χ0v) is 12.7. The Morgan fingerprint density at radius 3 is 2.52 bits per heavy atom. The van der Waals surface area contributed by atoms with Crippen LogP contribution in [0.5, 0.6) is 0 Å². The van der Waals surface area contributed by atoms with Crippen molar-refractivity contribution in [1.29, 1.82) is 0 Å². The van der Waals surface area contributed by atoms with Crippen LogP contribution in [0, 0.1) is 0 Å². The average molecular weight is 310 g/mol. The summed E-state index contributed by atoms with van der Waals surface area (Å²) in [6, 6.07) is 9.67. The Bertz CT molecular complexity index is 697. The van der Waals surface area contributed by atoms with Crippen molar-refractivity contribution in [3.05, 3.63) is 41.7 Å². The monoisotopic (exact) mass is 310 g/mol. The molecule has 0 saturated heterocycles. The standard InChI is InChI=1S/C13H18N4O3S/c1-10(11-6-4-3-5-7-11)12-15-16-13(21(14,18)19)17(12)8-9-20-2/h3-7,10H,8-9H2,1-2H3,(H2,14,18,19). The molecular formula is C13H18N4O3S. The summed E-state index contributed by atoms with van der Waals surface area (Å²) in [6.07, 6.45) is 0. The predicted octanol–water partition coefficient (Wildman–Crippen LogP) is 0.724. The van der Waals surface area contributed by atoms with Crippen molar-refractivity contribution in [1.82, 2.24) is 14.8 Å².